The summed E-state index contributed by atoms with van der Waals surface area (Å²) in [5, 5.41) is 3.61. The summed E-state index contributed by atoms with van der Waals surface area (Å²) >= 11 is 0. The number of hydrogen-bond donors (Lipinski definition) is 1. The number of fused-ring (bicyclic) bond motifs is 1. The number of morpholine rings is 1. The molecule has 2 atom stereocenters. The first-order valence-corrected chi connectivity index (χ1v) is 7.99. The van der Waals surface area contributed by atoms with Crippen molar-refractivity contribution < 1.29 is 4.74 Å². The van der Waals surface area contributed by atoms with E-state index in [1.165, 1.54) is 51.5 Å². The molecular weight excluding hydrogens is 224 g/mol. The predicted octanol–water partition coefficient (Wildman–Crippen LogP) is 2.16. The van der Waals surface area contributed by atoms with Gasteiger partial charge < -0.3 is 10.1 Å². The van der Waals surface area contributed by atoms with Crippen molar-refractivity contribution in [2.45, 2.75) is 76.1 Å². The Hall–Kier alpha value is -0.120. The molecule has 3 rings (SSSR count). The van der Waals surface area contributed by atoms with Gasteiger partial charge in [-0.25, -0.2) is 0 Å². The number of ether oxygens (including phenoxy) is 1. The molecule has 2 aliphatic carbocycles. The van der Waals surface area contributed by atoms with Crippen molar-refractivity contribution in [3.05, 3.63) is 0 Å². The second-order valence-electron chi connectivity index (χ2n) is 6.21. The molecule has 0 bridgehead atoms. The Labute approximate surface area is 111 Å². The first-order valence-electron chi connectivity index (χ1n) is 7.99. The van der Waals surface area contributed by atoms with Crippen LogP contribution in [0.1, 0.15) is 51.9 Å². The first-order chi connectivity index (χ1) is 8.88. The summed E-state index contributed by atoms with van der Waals surface area (Å²) in [6, 6.07) is 2.38. The van der Waals surface area contributed by atoms with Gasteiger partial charge in [0.1, 0.15) is 0 Å². The normalized spacial score (nSPS) is 41.8. The highest BCUT2D eigenvalue weighted by atomic mass is 16.5. The number of nitrogens with zero attached hydrogens (tertiary/aromatic N) is 1. The van der Waals surface area contributed by atoms with E-state index in [1.807, 2.05) is 0 Å². The molecule has 3 heteroatoms. The van der Waals surface area contributed by atoms with Crippen LogP contribution in [-0.4, -0.2) is 48.8 Å². The van der Waals surface area contributed by atoms with Crippen LogP contribution in [0.4, 0.5) is 0 Å². The Morgan fingerprint density at radius 1 is 1.11 bits per heavy atom. The van der Waals surface area contributed by atoms with E-state index in [0.717, 1.165) is 31.3 Å². The minimum absolute atomic E-state index is 0.560. The molecule has 3 nitrogen and oxygen atoms in total. The standard InChI is InChI=1S/C15H28N2O/c1-2-16-12-6-8-13(9-7-12)17-10-11-18-15-5-3-4-14(15)17/h12-16H,2-11H2,1H3. The van der Waals surface area contributed by atoms with Crippen molar-refractivity contribution >= 4 is 0 Å². The highest BCUT2D eigenvalue weighted by Gasteiger charge is 2.39. The van der Waals surface area contributed by atoms with Gasteiger partial charge in [0, 0.05) is 24.7 Å². The highest BCUT2D eigenvalue weighted by molar-refractivity contribution is 4.94. The van der Waals surface area contributed by atoms with Gasteiger partial charge in [-0.3, -0.25) is 4.90 Å². The SMILES string of the molecule is CCNC1CCC(N2CCOC3CCCC32)CC1. The number of rotatable bonds is 3. The summed E-state index contributed by atoms with van der Waals surface area (Å²) in [5.74, 6) is 0. The van der Waals surface area contributed by atoms with Gasteiger partial charge in [0.15, 0.2) is 0 Å². The quantitative estimate of drug-likeness (QED) is 0.833. The zero-order valence-corrected chi connectivity index (χ0v) is 11.7. The van der Waals surface area contributed by atoms with E-state index in [0.29, 0.717) is 6.10 Å². The molecule has 0 aromatic carbocycles. The van der Waals surface area contributed by atoms with Gasteiger partial charge in [-0.15, -0.1) is 0 Å². The Morgan fingerprint density at radius 2 is 1.94 bits per heavy atom. The molecular formula is C15H28N2O. The van der Waals surface area contributed by atoms with Gasteiger partial charge in [-0.2, -0.15) is 0 Å². The van der Waals surface area contributed by atoms with Crippen LogP contribution in [0, 0.1) is 0 Å². The van der Waals surface area contributed by atoms with Crippen molar-refractivity contribution in [3.8, 4) is 0 Å². The van der Waals surface area contributed by atoms with E-state index in [9.17, 15) is 0 Å². The monoisotopic (exact) mass is 252 g/mol. The number of hydrogen-bond acceptors (Lipinski definition) is 3. The molecule has 1 aliphatic heterocycles. The summed E-state index contributed by atoms with van der Waals surface area (Å²) < 4.78 is 5.93. The molecule has 0 radical (unpaired) electrons. The molecule has 1 heterocycles. The molecule has 0 amide bonds. The van der Waals surface area contributed by atoms with Crippen LogP contribution in [-0.2, 0) is 4.74 Å². The minimum Gasteiger partial charge on any atom is -0.375 e. The lowest BCUT2D eigenvalue weighted by atomic mass is 9.88. The molecule has 2 unspecified atom stereocenters. The van der Waals surface area contributed by atoms with Crippen molar-refractivity contribution in [1.82, 2.24) is 10.2 Å². The molecule has 104 valence electrons. The Bertz CT molecular complexity index is 263. The summed E-state index contributed by atoms with van der Waals surface area (Å²) in [6.45, 7) is 5.49. The summed E-state index contributed by atoms with van der Waals surface area (Å²) in [4.78, 5) is 2.81. The smallest absolute Gasteiger partial charge is 0.0731 e. The molecule has 0 aromatic rings. The first kappa shape index (κ1) is 12.9. The van der Waals surface area contributed by atoms with Crippen LogP contribution in [0.3, 0.4) is 0 Å². The Balaban J connectivity index is 1.55. The Kier molecular flexibility index (Phi) is 4.22. The summed E-state index contributed by atoms with van der Waals surface area (Å²) in [5.41, 5.74) is 0. The lowest BCUT2D eigenvalue weighted by Gasteiger charge is -2.45. The third-order valence-electron chi connectivity index (χ3n) is 5.18. The number of nitrogens with one attached hydrogen (secondary N) is 1. The van der Waals surface area contributed by atoms with Crippen molar-refractivity contribution in [2.75, 3.05) is 19.7 Å². The van der Waals surface area contributed by atoms with Crippen LogP contribution in [0.15, 0.2) is 0 Å². The van der Waals surface area contributed by atoms with E-state index in [-0.39, 0.29) is 0 Å². The summed E-state index contributed by atoms with van der Waals surface area (Å²) in [7, 11) is 0. The van der Waals surface area contributed by atoms with E-state index in [1.54, 1.807) is 0 Å². The average molecular weight is 252 g/mol. The van der Waals surface area contributed by atoms with Gasteiger partial charge in [0.25, 0.3) is 0 Å². The third-order valence-corrected chi connectivity index (χ3v) is 5.18. The molecule has 3 aliphatic rings. The van der Waals surface area contributed by atoms with Crippen molar-refractivity contribution in [3.63, 3.8) is 0 Å². The second-order valence-corrected chi connectivity index (χ2v) is 6.21. The van der Waals surface area contributed by atoms with Crippen LogP contribution >= 0.6 is 0 Å². The maximum atomic E-state index is 5.93. The average Bonchev–Trinajstić information content (AvgIpc) is 2.88. The topological polar surface area (TPSA) is 24.5 Å². The lowest BCUT2D eigenvalue weighted by molar-refractivity contribution is -0.0773. The van der Waals surface area contributed by atoms with Crippen LogP contribution in [0.5, 0.6) is 0 Å². The maximum Gasteiger partial charge on any atom is 0.0731 e. The highest BCUT2D eigenvalue weighted by Crippen LogP contribution is 2.34. The third kappa shape index (κ3) is 2.59. The fourth-order valence-corrected chi connectivity index (χ4v) is 4.31. The largest absolute Gasteiger partial charge is 0.375 e. The van der Waals surface area contributed by atoms with Gasteiger partial charge in [0.05, 0.1) is 12.7 Å². The zero-order valence-electron chi connectivity index (χ0n) is 11.7. The van der Waals surface area contributed by atoms with E-state index < -0.39 is 0 Å². The van der Waals surface area contributed by atoms with Gasteiger partial charge >= 0.3 is 0 Å². The predicted molar refractivity (Wildman–Crippen MR) is 73.8 cm³/mol. The minimum atomic E-state index is 0.560. The van der Waals surface area contributed by atoms with E-state index in [4.69, 9.17) is 4.74 Å². The molecule has 0 spiro atoms. The van der Waals surface area contributed by atoms with Crippen molar-refractivity contribution in [2.24, 2.45) is 0 Å². The zero-order chi connectivity index (χ0) is 12.4. The van der Waals surface area contributed by atoms with E-state index >= 15 is 0 Å². The van der Waals surface area contributed by atoms with Crippen LogP contribution < -0.4 is 5.32 Å². The fraction of sp³-hybridized carbons (Fsp3) is 1.00. The van der Waals surface area contributed by atoms with Crippen LogP contribution in [0.25, 0.3) is 0 Å². The lowest BCUT2D eigenvalue weighted by Crippen LogP contribution is -2.54. The fourth-order valence-electron chi connectivity index (χ4n) is 4.31. The molecule has 2 saturated carbocycles. The second kappa shape index (κ2) is 5.89. The van der Waals surface area contributed by atoms with Crippen LogP contribution in [0.2, 0.25) is 0 Å². The molecule has 1 saturated heterocycles. The molecule has 3 fully saturated rings. The molecule has 18 heavy (non-hydrogen) atoms. The van der Waals surface area contributed by atoms with Gasteiger partial charge in [0.2, 0.25) is 0 Å². The molecule has 0 aromatic heterocycles. The van der Waals surface area contributed by atoms with Crippen molar-refractivity contribution in [1.29, 1.82) is 0 Å². The van der Waals surface area contributed by atoms with Gasteiger partial charge in [-0.05, 0) is 51.5 Å². The van der Waals surface area contributed by atoms with E-state index in [2.05, 4.69) is 17.1 Å². The molecule has 1 N–H and O–H groups in total. The van der Waals surface area contributed by atoms with Gasteiger partial charge in [-0.1, -0.05) is 6.92 Å². The summed E-state index contributed by atoms with van der Waals surface area (Å²) in [6.07, 6.45) is 10.1. The Morgan fingerprint density at radius 3 is 2.72 bits per heavy atom. The maximum absolute atomic E-state index is 5.93.